The van der Waals surface area contributed by atoms with Gasteiger partial charge in [-0.25, -0.2) is 0 Å². The van der Waals surface area contributed by atoms with Crippen molar-refractivity contribution in [1.82, 2.24) is 0 Å². The van der Waals surface area contributed by atoms with E-state index in [0.29, 0.717) is 33.1 Å². The first kappa shape index (κ1) is 20.1. The number of hydrogen-bond donors (Lipinski definition) is 0. The van der Waals surface area contributed by atoms with Crippen molar-refractivity contribution in [3.8, 4) is 33.4 Å². The maximum atomic E-state index is 9.59. The Bertz CT molecular complexity index is 3530. The minimum atomic E-state index is -0.699. The third kappa shape index (κ3) is 5.21. The summed E-state index contributed by atoms with van der Waals surface area (Å²) in [6, 6.07) is 30.5. The van der Waals surface area contributed by atoms with Gasteiger partial charge in [0.2, 0.25) is 0 Å². The highest BCUT2D eigenvalue weighted by molar-refractivity contribution is 6.09. The van der Waals surface area contributed by atoms with Gasteiger partial charge in [0.05, 0.1) is 16.4 Å². The van der Waals surface area contributed by atoms with Crippen molar-refractivity contribution in [2.24, 2.45) is 0 Å². The van der Waals surface area contributed by atoms with Gasteiger partial charge in [0.1, 0.15) is 11.2 Å². The van der Waals surface area contributed by atoms with Crippen LogP contribution in [0.4, 0.5) is 17.1 Å². The van der Waals surface area contributed by atoms with E-state index in [4.69, 9.17) is 4.42 Å². The molecule has 1 aromatic heterocycles. The Morgan fingerprint density at radius 1 is 0.365 bits per heavy atom. The summed E-state index contributed by atoms with van der Waals surface area (Å²) in [6.45, 7) is 0. The number of nitrogens with zero attached hydrogens (tertiary/aromatic N) is 1. The topological polar surface area (TPSA) is 16.4 Å². The lowest BCUT2D eigenvalue weighted by molar-refractivity contribution is 0.670. The average molecular weight is 676 g/mol. The van der Waals surface area contributed by atoms with Gasteiger partial charge in [-0.15, -0.1) is 0 Å². The molecule has 0 bridgehead atoms. The van der Waals surface area contributed by atoms with E-state index < -0.39 is 89.6 Å². The summed E-state index contributed by atoms with van der Waals surface area (Å²) < 4.78 is 120. The number of hydrogen-bond acceptors (Lipinski definition) is 2. The molecule has 10 rings (SSSR count). The Hall–Kier alpha value is -6.90. The molecule has 0 aliphatic carbocycles. The number of rotatable bonds is 6. The molecule has 0 fully saturated rings. The molecule has 2 nitrogen and oxygen atoms in total. The SMILES string of the molecule is [2H]c1c([2H])c(N(c2c([2H])c([2H])c(-c3cccc4ccccc34)c([2H])c2[2H])c2c([2H])c([2H])c(-c3cccc4c3oc3ccccc34)c([2H])c2[2H])c([2H])c([2H])c1-c1ccc2ccccc2c1. The molecule has 0 radical (unpaired) electrons. The first-order chi connectivity index (χ1) is 30.8. The summed E-state index contributed by atoms with van der Waals surface area (Å²) in [6.07, 6.45) is 0. The van der Waals surface area contributed by atoms with Crippen molar-refractivity contribution in [1.29, 1.82) is 0 Å². The van der Waals surface area contributed by atoms with Gasteiger partial charge in [0.15, 0.2) is 0 Å². The molecule has 0 saturated heterocycles. The normalized spacial score (nSPS) is 14.7. The maximum Gasteiger partial charge on any atom is 0.143 e. The second kappa shape index (κ2) is 12.5. The summed E-state index contributed by atoms with van der Waals surface area (Å²) in [4.78, 5) is 0.838. The molecule has 0 N–H and O–H groups in total. The number of fused-ring (bicyclic) bond motifs is 5. The Labute approximate surface area is 319 Å². The second-order valence-electron chi connectivity index (χ2n) is 12.4. The lowest BCUT2D eigenvalue weighted by atomic mass is 9.98. The summed E-state index contributed by atoms with van der Waals surface area (Å²) >= 11 is 0. The number of anilines is 3. The van der Waals surface area contributed by atoms with Crippen LogP contribution in [-0.4, -0.2) is 0 Å². The molecule has 0 amide bonds. The average Bonchev–Trinajstić information content (AvgIpc) is 3.69. The molecule has 0 unspecified atom stereocenters. The van der Waals surface area contributed by atoms with Crippen molar-refractivity contribution in [2.45, 2.75) is 0 Å². The van der Waals surface area contributed by atoms with Gasteiger partial charge in [-0.1, -0.05) is 152 Å². The highest BCUT2D eigenvalue weighted by atomic mass is 16.3. The van der Waals surface area contributed by atoms with Crippen LogP contribution >= 0.6 is 0 Å². The third-order valence-corrected chi connectivity index (χ3v) is 9.28. The van der Waals surface area contributed by atoms with E-state index in [-0.39, 0.29) is 22.3 Å². The van der Waals surface area contributed by atoms with E-state index >= 15 is 0 Å². The van der Waals surface area contributed by atoms with Crippen LogP contribution in [0.5, 0.6) is 0 Å². The predicted octanol–water partition coefficient (Wildman–Crippen LogP) is 14.4. The number of para-hydroxylation sites is 2. The summed E-state index contributed by atoms with van der Waals surface area (Å²) in [5.41, 5.74) is -0.0887. The van der Waals surface area contributed by atoms with Crippen LogP contribution in [0.15, 0.2) is 204 Å². The molecular weight excluding hydrogens is 631 g/mol. The minimum absolute atomic E-state index is 0.0458. The standard InChI is InChI=1S/C50H33NO/c1-2-11-39-33-40(20-19-34(39)9-1)35-21-27-41(28-22-35)51(42-29-23-37(24-30-42)45-15-7-12-36-10-3-4-13-44(36)45)43-31-25-38(26-32-43)46-16-8-17-48-47-14-5-6-18-49(47)52-50(46)48/h1-33H/i21D,22D,23D,24D,25D,26D,27D,28D,29D,30D,31D,32D. The van der Waals surface area contributed by atoms with E-state index in [0.717, 1.165) is 26.4 Å². The van der Waals surface area contributed by atoms with Gasteiger partial charge in [0, 0.05) is 33.4 Å². The van der Waals surface area contributed by atoms with E-state index in [1.165, 1.54) is 0 Å². The highest BCUT2D eigenvalue weighted by Gasteiger charge is 2.16. The molecule has 0 aliphatic heterocycles. The summed E-state index contributed by atoms with van der Waals surface area (Å²) in [7, 11) is 0. The fourth-order valence-corrected chi connectivity index (χ4v) is 6.73. The fraction of sp³-hybridized carbons (Fsp3) is 0. The van der Waals surface area contributed by atoms with E-state index in [2.05, 4.69) is 0 Å². The Balaban J connectivity index is 1.28. The molecular formula is C50H33NO. The molecule has 1 heterocycles. The van der Waals surface area contributed by atoms with E-state index in [9.17, 15) is 16.4 Å². The van der Waals surface area contributed by atoms with Gasteiger partial charge < -0.3 is 9.32 Å². The van der Waals surface area contributed by atoms with Crippen LogP contribution < -0.4 is 4.90 Å². The van der Waals surface area contributed by atoms with Gasteiger partial charge in [-0.3, -0.25) is 0 Å². The lowest BCUT2D eigenvalue weighted by Crippen LogP contribution is -2.09. The Kier molecular flexibility index (Phi) is 4.81. The van der Waals surface area contributed by atoms with Crippen LogP contribution in [0.1, 0.15) is 16.4 Å². The molecule has 0 saturated carbocycles. The minimum Gasteiger partial charge on any atom is -0.455 e. The molecule has 0 spiro atoms. The van der Waals surface area contributed by atoms with Crippen molar-refractivity contribution in [2.75, 3.05) is 4.90 Å². The maximum absolute atomic E-state index is 9.59. The zero-order chi connectivity index (χ0) is 44.9. The van der Waals surface area contributed by atoms with Gasteiger partial charge in [-0.05, 0) is 97.7 Å². The predicted molar refractivity (Wildman–Crippen MR) is 220 cm³/mol. The number of furan rings is 1. The van der Waals surface area contributed by atoms with Crippen molar-refractivity contribution < 1.29 is 20.9 Å². The molecule has 0 atom stereocenters. The van der Waals surface area contributed by atoms with Crippen molar-refractivity contribution >= 4 is 60.5 Å². The van der Waals surface area contributed by atoms with Crippen molar-refractivity contribution in [3.05, 3.63) is 200 Å². The monoisotopic (exact) mass is 675 g/mol. The van der Waals surface area contributed by atoms with E-state index in [1.54, 1.807) is 60.7 Å². The lowest BCUT2D eigenvalue weighted by Gasteiger charge is -2.26. The van der Waals surface area contributed by atoms with Gasteiger partial charge >= 0.3 is 0 Å². The van der Waals surface area contributed by atoms with Crippen LogP contribution in [0.3, 0.4) is 0 Å². The van der Waals surface area contributed by atoms with Crippen LogP contribution in [-0.2, 0) is 0 Å². The largest absolute Gasteiger partial charge is 0.455 e. The Morgan fingerprint density at radius 2 is 0.885 bits per heavy atom. The smallest absolute Gasteiger partial charge is 0.143 e. The Morgan fingerprint density at radius 3 is 1.62 bits per heavy atom. The second-order valence-corrected chi connectivity index (χ2v) is 12.4. The third-order valence-electron chi connectivity index (χ3n) is 9.28. The number of benzene rings is 9. The highest BCUT2D eigenvalue weighted by Crippen LogP contribution is 2.40. The fourth-order valence-electron chi connectivity index (χ4n) is 6.73. The van der Waals surface area contributed by atoms with Crippen molar-refractivity contribution in [3.63, 3.8) is 0 Å². The molecule has 0 aliphatic rings. The first-order valence-corrected chi connectivity index (χ1v) is 16.8. The van der Waals surface area contributed by atoms with Crippen LogP contribution in [0.2, 0.25) is 0 Å². The van der Waals surface area contributed by atoms with Gasteiger partial charge in [0.25, 0.3) is 0 Å². The molecule has 10 aromatic rings. The summed E-state index contributed by atoms with van der Waals surface area (Å²) in [5.74, 6) is 0. The van der Waals surface area contributed by atoms with Crippen LogP contribution in [0.25, 0.3) is 76.9 Å². The van der Waals surface area contributed by atoms with Crippen LogP contribution in [0, 0.1) is 0 Å². The molecule has 52 heavy (non-hydrogen) atoms. The summed E-state index contributed by atoms with van der Waals surface area (Å²) in [5, 5.41) is 4.60. The quantitative estimate of drug-likeness (QED) is 0.174. The molecule has 2 heteroatoms. The zero-order valence-corrected chi connectivity index (χ0v) is 27.5. The zero-order valence-electron chi connectivity index (χ0n) is 39.5. The van der Waals surface area contributed by atoms with E-state index in [1.807, 2.05) is 66.7 Å². The molecule has 244 valence electrons. The van der Waals surface area contributed by atoms with Gasteiger partial charge in [-0.2, -0.15) is 0 Å². The first-order valence-electron chi connectivity index (χ1n) is 22.8. The molecule has 9 aromatic carbocycles.